The van der Waals surface area contributed by atoms with Crippen LogP contribution in [0.3, 0.4) is 0 Å². The maximum atomic E-state index is 12.8. The topological polar surface area (TPSA) is 38.3 Å². The summed E-state index contributed by atoms with van der Waals surface area (Å²) in [5, 5.41) is 2.88. The lowest BCUT2D eigenvalue weighted by molar-refractivity contribution is -0.127. The molecule has 2 aromatic rings. The lowest BCUT2D eigenvalue weighted by Crippen LogP contribution is -2.37. The maximum absolute atomic E-state index is 12.8. The summed E-state index contributed by atoms with van der Waals surface area (Å²) in [6.45, 7) is 6.31. The standard InChI is InChI=1S/C20H24FNO2/c1-14-11-15(2)13-19(12-14)24-16(3)20(23)22-10-4-5-17-6-8-18(21)9-7-17/h6-9,11-13,16H,4-5,10H2,1-3H3,(H,22,23)/t16-/m1/s1. The van der Waals surface area contributed by atoms with Gasteiger partial charge in [-0.25, -0.2) is 4.39 Å². The number of carbonyl (C=O) groups is 1. The van der Waals surface area contributed by atoms with E-state index in [1.165, 1.54) is 12.1 Å². The van der Waals surface area contributed by atoms with Gasteiger partial charge in [-0.2, -0.15) is 0 Å². The van der Waals surface area contributed by atoms with Crippen molar-refractivity contribution < 1.29 is 13.9 Å². The molecule has 24 heavy (non-hydrogen) atoms. The number of ether oxygens (including phenoxy) is 1. The Kier molecular flexibility index (Phi) is 6.36. The van der Waals surface area contributed by atoms with Gasteiger partial charge in [-0.15, -0.1) is 0 Å². The smallest absolute Gasteiger partial charge is 0.260 e. The molecule has 0 aliphatic rings. The summed E-state index contributed by atoms with van der Waals surface area (Å²) in [4.78, 5) is 12.1. The molecule has 0 saturated carbocycles. The lowest BCUT2D eigenvalue weighted by Gasteiger charge is -2.15. The van der Waals surface area contributed by atoms with E-state index in [4.69, 9.17) is 4.74 Å². The zero-order valence-corrected chi connectivity index (χ0v) is 14.4. The predicted molar refractivity (Wildman–Crippen MR) is 93.7 cm³/mol. The minimum atomic E-state index is -0.544. The van der Waals surface area contributed by atoms with Gasteiger partial charge >= 0.3 is 0 Å². The molecule has 1 N–H and O–H groups in total. The molecule has 1 atom stereocenters. The molecular weight excluding hydrogens is 305 g/mol. The highest BCUT2D eigenvalue weighted by atomic mass is 19.1. The van der Waals surface area contributed by atoms with Crippen LogP contribution < -0.4 is 10.1 Å². The Bertz CT molecular complexity index is 662. The first-order chi connectivity index (χ1) is 11.4. The summed E-state index contributed by atoms with van der Waals surface area (Å²) in [7, 11) is 0. The van der Waals surface area contributed by atoms with Gasteiger partial charge in [0.25, 0.3) is 5.91 Å². The van der Waals surface area contributed by atoms with Crippen molar-refractivity contribution in [2.24, 2.45) is 0 Å². The van der Waals surface area contributed by atoms with Crippen molar-refractivity contribution in [3.05, 3.63) is 65.0 Å². The van der Waals surface area contributed by atoms with E-state index in [0.29, 0.717) is 12.3 Å². The molecule has 0 fully saturated rings. The van der Waals surface area contributed by atoms with Crippen molar-refractivity contribution in [1.29, 1.82) is 0 Å². The molecule has 4 heteroatoms. The fraction of sp³-hybridized carbons (Fsp3) is 0.350. The van der Waals surface area contributed by atoms with Crippen molar-refractivity contribution in [3.8, 4) is 5.75 Å². The second-order valence-electron chi connectivity index (χ2n) is 6.10. The van der Waals surface area contributed by atoms with Crippen LogP contribution in [0.25, 0.3) is 0 Å². The molecule has 0 unspecified atom stereocenters. The van der Waals surface area contributed by atoms with Crippen LogP contribution >= 0.6 is 0 Å². The number of amides is 1. The summed E-state index contributed by atoms with van der Waals surface area (Å²) >= 11 is 0. The van der Waals surface area contributed by atoms with E-state index in [9.17, 15) is 9.18 Å². The van der Waals surface area contributed by atoms with Crippen molar-refractivity contribution >= 4 is 5.91 Å². The average Bonchev–Trinajstić information content (AvgIpc) is 2.52. The largest absolute Gasteiger partial charge is 0.481 e. The lowest BCUT2D eigenvalue weighted by atomic mass is 10.1. The van der Waals surface area contributed by atoms with E-state index in [1.54, 1.807) is 19.1 Å². The second kappa shape index (κ2) is 8.48. The molecule has 0 aliphatic carbocycles. The van der Waals surface area contributed by atoms with Crippen LogP contribution in [-0.4, -0.2) is 18.6 Å². The Balaban J connectivity index is 1.74. The summed E-state index contributed by atoms with van der Waals surface area (Å²) in [5.41, 5.74) is 3.28. The summed E-state index contributed by atoms with van der Waals surface area (Å²) in [6, 6.07) is 12.3. The molecule has 2 aromatic carbocycles. The number of halogens is 1. The Hall–Kier alpha value is -2.36. The van der Waals surface area contributed by atoms with Crippen LogP contribution in [0.2, 0.25) is 0 Å². The van der Waals surface area contributed by atoms with E-state index in [-0.39, 0.29) is 11.7 Å². The third-order valence-electron chi connectivity index (χ3n) is 3.73. The average molecular weight is 329 g/mol. The van der Waals surface area contributed by atoms with Crippen LogP contribution in [0, 0.1) is 19.7 Å². The monoisotopic (exact) mass is 329 g/mol. The highest BCUT2D eigenvalue weighted by Crippen LogP contribution is 2.17. The molecule has 128 valence electrons. The minimum absolute atomic E-state index is 0.131. The number of rotatable bonds is 7. The summed E-state index contributed by atoms with van der Waals surface area (Å²) < 4.78 is 18.5. The number of carbonyl (C=O) groups excluding carboxylic acids is 1. The molecule has 3 nitrogen and oxygen atoms in total. The fourth-order valence-corrected chi connectivity index (χ4v) is 2.56. The Labute approximate surface area is 142 Å². The quantitative estimate of drug-likeness (QED) is 0.781. The molecule has 0 aliphatic heterocycles. The van der Waals surface area contributed by atoms with Crippen LogP contribution in [0.15, 0.2) is 42.5 Å². The van der Waals surface area contributed by atoms with Gasteiger partial charge in [0.15, 0.2) is 6.10 Å². The highest BCUT2D eigenvalue weighted by Gasteiger charge is 2.14. The van der Waals surface area contributed by atoms with E-state index in [1.807, 2.05) is 26.0 Å². The number of hydrogen-bond acceptors (Lipinski definition) is 2. The van der Waals surface area contributed by atoms with Gasteiger partial charge in [0.05, 0.1) is 0 Å². The Morgan fingerprint density at radius 2 is 1.75 bits per heavy atom. The van der Waals surface area contributed by atoms with E-state index in [2.05, 4.69) is 11.4 Å². The third-order valence-corrected chi connectivity index (χ3v) is 3.73. The second-order valence-corrected chi connectivity index (χ2v) is 6.10. The summed E-state index contributed by atoms with van der Waals surface area (Å²) in [5.74, 6) is 0.346. The molecule has 0 bridgehead atoms. The third kappa shape index (κ3) is 5.69. The van der Waals surface area contributed by atoms with Crippen LogP contribution in [-0.2, 0) is 11.2 Å². The maximum Gasteiger partial charge on any atom is 0.260 e. The van der Waals surface area contributed by atoms with Gasteiger partial charge < -0.3 is 10.1 Å². The molecule has 0 radical (unpaired) electrons. The van der Waals surface area contributed by atoms with Gasteiger partial charge in [0.2, 0.25) is 0 Å². The van der Waals surface area contributed by atoms with Gasteiger partial charge in [-0.1, -0.05) is 18.2 Å². The molecule has 0 heterocycles. The molecule has 0 saturated heterocycles. The predicted octanol–water partition coefficient (Wildman–Crippen LogP) is 3.96. The molecular formula is C20H24FNO2. The molecule has 0 aromatic heterocycles. The first kappa shape index (κ1) is 18.0. The van der Waals surface area contributed by atoms with Gasteiger partial charge in [-0.3, -0.25) is 4.79 Å². The van der Waals surface area contributed by atoms with E-state index in [0.717, 1.165) is 29.5 Å². The number of nitrogens with one attached hydrogen (secondary N) is 1. The number of hydrogen-bond donors (Lipinski definition) is 1. The zero-order chi connectivity index (χ0) is 17.5. The van der Waals surface area contributed by atoms with E-state index >= 15 is 0 Å². The van der Waals surface area contributed by atoms with Gasteiger partial charge in [-0.05, 0) is 74.6 Å². The highest BCUT2D eigenvalue weighted by molar-refractivity contribution is 5.80. The first-order valence-corrected chi connectivity index (χ1v) is 8.21. The van der Waals surface area contributed by atoms with Crippen molar-refractivity contribution in [3.63, 3.8) is 0 Å². The number of benzene rings is 2. The van der Waals surface area contributed by atoms with Crippen LogP contribution in [0.1, 0.15) is 30.0 Å². The van der Waals surface area contributed by atoms with Crippen molar-refractivity contribution in [2.45, 2.75) is 39.7 Å². The van der Waals surface area contributed by atoms with Gasteiger partial charge in [0.1, 0.15) is 11.6 Å². The number of aryl methyl sites for hydroxylation is 3. The zero-order valence-electron chi connectivity index (χ0n) is 14.4. The fourth-order valence-electron chi connectivity index (χ4n) is 2.56. The van der Waals surface area contributed by atoms with Crippen molar-refractivity contribution in [2.75, 3.05) is 6.54 Å². The SMILES string of the molecule is Cc1cc(C)cc(O[C@H](C)C(=O)NCCCc2ccc(F)cc2)c1. The Morgan fingerprint density at radius 1 is 1.12 bits per heavy atom. The Morgan fingerprint density at radius 3 is 2.38 bits per heavy atom. The van der Waals surface area contributed by atoms with Crippen LogP contribution in [0.5, 0.6) is 5.75 Å². The summed E-state index contributed by atoms with van der Waals surface area (Å²) in [6.07, 6.45) is 1.05. The van der Waals surface area contributed by atoms with Gasteiger partial charge in [0, 0.05) is 6.54 Å². The van der Waals surface area contributed by atoms with Crippen molar-refractivity contribution in [1.82, 2.24) is 5.32 Å². The first-order valence-electron chi connectivity index (χ1n) is 8.21. The molecule has 0 spiro atoms. The minimum Gasteiger partial charge on any atom is -0.481 e. The normalized spacial score (nSPS) is 11.8. The molecule has 2 rings (SSSR count). The van der Waals surface area contributed by atoms with Crippen LogP contribution in [0.4, 0.5) is 4.39 Å². The molecule has 1 amide bonds. The van der Waals surface area contributed by atoms with E-state index < -0.39 is 6.10 Å².